The minimum Gasteiger partial charge on any atom is -0.483 e. The molecule has 0 fully saturated rings. The molecular weight excluding hydrogens is 500 g/mol. The molecule has 0 aliphatic carbocycles. The van der Waals surface area contributed by atoms with E-state index in [1.165, 1.54) is 0 Å². The third kappa shape index (κ3) is 11.1. The summed E-state index contributed by atoms with van der Waals surface area (Å²) in [5.41, 5.74) is 11.2. The zero-order valence-corrected chi connectivity index (χ0v) is 23.2. The van der Waals surface area contributed by atoms with Crippen molar-refractivity contribution in [3.63, 3.8) is 0 Å². The topological polar surface area (TPSA) is 135 Å². The highest BCUT2D eigenvalue weighted by molar-refractivity contribution is 5.84. The van der Waals surface area contributed by atoms with Crippen molar-refractivity contribution in [3.05, 3.63) is 59.7 Å². The number of carbonyl (C=O) groups is 4. The lowest BCUT2D eigenvalue weighted by molar-refractivity contribution is -0.131. The van der Waals surface area contributed by atoms with E-state index in [1.807, 2.05) is 36.4 Å². The van der Waals surface area contributed by atoms with Gasteiger partial charge in [-0.1, -0.05) is 64.1 Å². The van der Waals surface area contributed by atoms with Crippen LogP contribution in [0.3, 0.4) is 0 Å². The van der Waals surface area contributed by atoms with E-state index in [4.69, 9.17) is 9.47 Å². The Morgan fingerprint density at radius 3 is 1.36 bits per heavy atom. The van der Waals surface area contributed by atoms with Crippen molar-refractivity contribution in [3.8, 4) is 11.5 Å². The number of carbonyl (C=O) groups excluding carboxylic acids is 4. The molecule has 0 heterocycles. The van der Waals surface area contributed by atoms with Crippen molar-refractivity contribution in [2.45, 2.75) is 71.6 Å². The summed E-state index contributed by atoms with van der Waals surface area (Å²) in [7, 11) is 0. The van der Waals surface area contributed by atoms with Crippen molar-refractivity contribution in [2.24, 2.45) is 0 Å². The van der Waals surface area contributed by atoms with Gasteiger partial charge in [0.1, 0.15) is 11.5 Å². The molecule has 0 aromatic heterocycles. The van der Waals surface area contributed by atoms with Crippen molar-refractivity contribution in [1.82, 2.24) is 21.7 Å². The van der Waals surface area contributed by atoms with E-state index in [9.17, 15) is 19.2 Å². The summed E-state index contributed by atoms with van der Waals surface area (Å²) in [6.07, 6.45) is 2.12. The smallest absolute Gasteiger partial charge is 0.276 e. The second kappa shape index (κ2) is 16.7. The Kier molecular flexibility index (Phi) is 13.3. The first-order valence-corrected chi connectivity index (χ1v) is 13.3. The van der Waals surface area contributed by atoms with Gasteiger partial charge in [0.05, 0.1) is 0 Å². The fraction of sp³-hybridized carbons (Fsp3) is 0.448. The van der Waals surface area contributed by atoms with Gasteiger partial charge in [0.2, 0.25) is 11.8 Å². The van der Waals surface area contributed by atoms with Crippen LogP contribution in [0.1, 0.15) is 82.8 Å². The molecule has 0 saturated heterocycles. The number of hydrazine groups is 2. The molecule has 10 nitrogen and oxygen atoms in total. The minimum atomic E-state index is -0.503. The van der Waals surface area contributed by atoms with Crippen LogP contribution in [-0.4, -0.2) is 36.8 Å². The van der Waals surface area contributed by atoms with E-state index >= 15 is 0 Å². The maximum Gasteiger partial charge on any atom is 0.276 e. The SMILES string of the molecule is CCC(C)c1ccccc1OCC(=O)NNC(=O)CCCC(=O)NNC(=O)COc1ccccc1C(C)CC. The lowest BCUT2D eigenvalue weighted by Gasteiger charge is -2.15. The van der Waals surface area contributed by atoms with Gasteiger partial charge in [-0.05, 0) is 54.4 Å². The summed E-state index contributed by atoms with van der Waals surface area (Å²) in [5, 5.41) is 0. The molecule has 0 aliphatic heterocycles. The Labute approximate surface area is 230 Å². The van der Waals surface area contributed by atoms with Crippen LogP contribution < -0.4 is 31.2 Å². The van der Waals surface area contributed by atoms with Gasteiger partial charge >= 0.3 is 0 Å². The monoisotopic (exact) mass is 540 g/mol. The first-order valence-electron chi connectivity index (χ1n) is 13.3. The maximum atomic E-state index is 12.0. The van der Waals surface area contributed by atoms with Crippen molar-refractivity contribution < 1.29 is 28.7 Å². The molecule has 2 unspecified atom stereocenters. The van der Waals surface area contributed by atoms with Crippen molar-refractivity contribution >= 4 is 23.6 Å². The molecule has 2 aromatic carbocycles. The van der Waals surface area contributed by atoms with E-state index < -0.39 is 23.6 Å². The third-order valence-electron chi connectivity index (χ3n) is 6.33. The number of benzene rings is 2. The van der Waals surface area contributed by atoms with E-state index in [2.05, 4.69) is 49.4 Å². The second-order valence-electron chi connectivity index (χ2n) is 9.32. The van der Waals surface area contributed by atoms with Crippen LogP contribution in [0.2, 0.25) is 0 Å². The van der Waals surface area contributed by atoms with E-state index in [-0.39, 0.29) is 32.5 Å². The number of amides is 4. The summed E-state index contributed by atoms with van der Waals surface area (Å²) in [6, 6.07) is 15.1. The van der Waals surface area contributed by atoms with E-state index in [0.29, 0.717) is 23.3 Å². The average Bonchev–Trinajstić information content (AvgIpc) is 2.96. The largest absolute Gasteiger partial charge is 0.483 e. The van der Waals surface area contributed by atoms with Crippen LogP contribution in [0, 0.1) is 0 Å². The Hall–Kier alpha value is -4.08. The van der Waals surface area contributed by atoms with Crippen LogP contribution in [-0.2, 0) is 19.2 Å². The predicted molar refractivity (Wildman–Crippen MR) is 148 cm³/mol. The minimum absolute atomic E-state index is 0.00879. The van der Waals surface area contributed by atoms with Crippen LogP contribution in [0.15, 0.2) is 48.5 Å². The summed E-state index contributed by atoms with van der Waals surface area (Å²) < 4.78 is 11.2. The zero-order chi connectivity index (χ0) is 28.6. The molecule has 2 rings (SSSR count). The zero-order valence-electron chi connectivity index (χ0n) is 23.2. The second-order valence-corrected chi connectivity index (χ2v) is 9.32. The Morgan fingerprint density at radius 1 is 0.615 bits per heavy atom. The Balaban J connectivity index is 1.60. The van der Waals surface area contributed by atoms with Gasteiger partial charge in [-0.3, -0.25) is 40.9 Å². The van der Waals surface area contributed by atoms with E-state index in [0.717, 1.165) is 24.0 Å². The Morgan fingerprint density at radius 2 is 0.974 bits per heavy atom. The van der Waals surface area contributed by atoms with Gasteiger partial charge in [-0.15, -0.1) is 0 Å². The summed E-state index contributed by atoms with van der Waals surface area (Å²) in [5.74, 6) is -0.0574. The number of nitrogens with one attached hydrogen (secondary N) is 4. The van der Waals surface area contributed by atoms with Crippen molar-refractivity contribution in [1.29, 1.82) is 0 Å². The van der Waals surface area contributed by atoms with Crippen LogP contribution in [0.5, 0.6) is 11.5 Å². The molecule has 4 amide bonds. The van der Waals surface area contributed by atoms with Crippen molar-refractivity contribution in [2.75, 3.05) is 13.2 Å². The van der Waals surface area contributed by atoms with E-state index in [1.54, 1.807) is 12.1 Å². The Bertz CT molecular complexity index is 1020. The summed E-state index contributed by atoms with van der Waals surface area (Å²) in [6.45, 7) is 7.83. The van der Waals surface area contributed by atoms with Gasteiger partial charge in [-0.25, -0.2) is 0 Å². The maximum absolute atomic E-state index is 12.0. The summed E-state index contributed by atoms with van der Waals surface area (Å²) >= 11 is 0. The standard InChI is InChI=1S/C29H40N4O6/c1-5-20(3)22-12-7-9-14-24(22)38-18-28(36)32-30-26(34)16-11-17-27(35)31-33-29(37)19-39-25-15-10-8-13-23(25)21(4)6-2/h7-10,12-15,20-21H,5-6,11,16-19H2,1-4H3,(H,30,34)(H,31,35)(H,32,36)(H,33,37). The highest BCUT2D eigenvalue weighted by Crippen LogP contribution is 2.29. The quantitative estimate of drug-likeness (QED) is 0.270. The summed E-state index contributed by atoms with van der Waals surface area (Å²) in [4.78, 5) is 48.1. The van der Waals surface area contributed by atoms with Crippen LogP contribution >= 0.6 is 0 Å². The van der Waals surface area contributed by atoms with Crippen LogP contribution in [0.4, 0.5) is 0 Å². The molecule has 2 aromatic rings. The average molecular weight is 541 g/mol. The lowest BCUT2D eigenvalue weighted by atomic mass is 9.98. The van der Waals surface area contributed by atoms with Gasteiger partial charge < -0.3 is 9.47 Å². The molecule has 0 radical (unpaired) electrons. The fourth-order valence-corrected chi connectivity index (χ4v) is 3.65. The normalized spacial score (nSPS) is 12.0. The predicted octanol–water partition coefficient (Wildman–Crippen LogP) is 3.64. The van der Waals surface area contributed by atoms with Crippen LogP contribution in [0.25, 0.3) is 0 Å². The number of hydrogen-bond acceptors (Lipinski definition) is 6. The molecule has 0 saturated carbocycles. The third-order valence-corrected chi connectivity index (χ3v) is 6.33. The molecule has 0 aliphatic rings. The van der Waals surface area contributed by atoms with Gasteiger partial charge in [-0.2, -0.15) is 0 Å². The lowest BCUT2D eigenvalue weighted by Crippen LogP contribution is -2.44. The molecule has 212 valence electrons. The highest BCUT2D eigenvalue weighted by Gasteiger charge is 2.13. The van der Waals surface area contributed by atoms with Gasteiger partial charge in [0.25, 0.3) is 11.8 Å². The fourth-order valence-electron chi connectivity index (χ4n) is 3.65. The van der Waals surface area contributed by atoms with Gasteiger partial charge in [0, 0.05) is 12.8 Å². The molecule has 0 bridgehead atoms. The molecule has 4 N–H and O–H groups in total. The molecule has 39 heavy (non-hydrogen) atoms. The highest BCUT2D eigenvalue weighted by atomic mass is 16.5. The first kappa shape index (κ1) is 31.1. The number of rotatable bonds is 14. The molecule has 0 spiro atoms. The number of ether oxygens (including phenoxy) is 2. The molecule has 10 heteroatoms. The first-order chi connectivity index (χ1) is 18.7. The number of para-hydroxylation sites is 2. The van der Waals surface area contributed by atoms with Gasteiger partial charge in [0.15, 0.2) is 13.2 Å². The molecule has 2 atom stereocenters. The molecular formula is C29H40N4O6. The number of hydrogen-bond donors (Lipinski definition) is 4.